The van der Waals surface area contributed by atoms with E-state index in [1.54, 1.807) is 0 Å². The lowest BCUT2D eigenvalue weighted by Crippen LogP contribution is -2.31. The Morgan fingerprint density at radius 2 is 2.22 bits per heavy atom. The van der Waals surface area contributed by atoms with Gasteiger partial charge in [0.2, 0.25) is 0 Å². The minimum Gasteiger partial charge on any atom is -0.493 e. The molecular weight excluding hydrogens is 248 g/mol. The van der Waals surface area contributed by atoms with E-state index >= 15 is 0 Å². The molecule has 0 unspecified atom stereocenters. The summed E-state index contributed by atoms with van der Waals surface area (Å²) in [6.45, 7) is 3.35. The molecule has 2 aliphatic rings. The fourth-order valence-corrected chi connectivity index (χ4v) is 2.94. The maximum atomic E-state index is 6.19. The molecule has 18 heavy (non-hydrogen) atoms. The van der Waals surface area contributed by atoms with Crippen molar-refractivity contribution in [3.05, 3.63) is 28.3 Å². The first-order valence-corrected chi connectivity index (χ1v) is 7.04. The Morgan fingerprint density at radius 3 is 2.94 bits per heavy atom. The van der Waals surface area contributed by atoms with E-state index in [0.29, 0.717) is 12.6 Å². The highest BCUT2D eigenvalue weighted by atomic mass is 35.5. The average molecular weight is 267 g/mol. The summed E-state index contributed by atoms with van der Waals surface area (Å²) in [5.41, 5.74) is 8.16. The number of ether oxygens (including phenoxy) is 1. The molecule has 2 N–H and O–H groups in total. The molecule has 1 aliphatic heterocycles. The molecule has 1 aromatic rings. The summed E-state index contributed by atoms with van der Waals surface area (Å²) in [5.74, 6) is 1.06. The monoisotopic (exact) mass is 266 g/mol. The number of hydrogen-bond acceptors (Lipinski definition) is 3. The number of hydrogen-bond donors (Lipinski definition) is 1. The summed E-state index contributed by atoms with van der Waals surface area (Å²) < 4.78 is 5.75. The van der Waals surface area contributed by atoms with Gasteiger partial charge in [-0.3, -0.25) is 4.90 Å². The lowest BCUT2D eigenvalue weighted by Gasteiger charge is -2.22. The van der Waals surface area contributed by atoms with E-state index in [1.165, 1.54) is 24.0 Å². The topological polar surface area (TPSA) is 38.5 Å². The SMILES string of the molecule is NCCN(Cc1cc(Cl)cc2c1OCC2)C1CC1. The second-order valence-corrected chi connectivity index (χ2v) is 5.58. The van der Waals surface area contributed by atoms with Crippen LogP contribution >= 0.6 is 11.6 Å². The summed E-state index contributed by atoms with van der Waals surface area (Å²) in [6, 6.07) is 4.78. The third kappa shape index (κ3) is 2.48. The lowest BCUT2D eigenvalue weighted by atomic mass is 10.1. The molecule has 0 saturated heterocycles. The number of nitrogens with two attached hydrogens (primary N) is 1. The van der Waals surface area contributed by atoms with Crippen LogP contribution in [0.2, 0.25) is 5.02 Å². The molecule has 1 fully saturated rings. The van der Waals surface area contributed by atoms with E-state index in [0.717, 1.165) is 36.9 Å². The molecule has 0 amide bonds. The van der Waals surface area contributed by atoms with Gasteiger partial charge in [0, 0.05) is 42.7 Å². The van der Waals surface area contributed by atoms with Crippen LogP contribution in [-0.2, 0) is 13.0 Å². The maximum Gasteiger partial charge on any atom is 0.127 e. The summed E-state index contributed by atoms with van der Waals surface area (Å²) in [4.78, 5) is 2.45. The van der Waals surface area contributed by atoms with E-state index in [9.17, 15) is 0 Å². The van der Waals surface area contributed by atoms with Gasteiger partial charge in [-0.2, -0.15) is 0 Å². The van der Waals surface area contributed by atoms with Gasteiger partial charge in [-0.15, -0.1) is 0 Å². The van der Waals surface area contributed by atoms with Gasteiger partial charge < -0.3 is 10.5 Å². The Hall–Kier alpha value is -0.770. The zero-order valence-electron chi connectivity index (χ0n) is 10.5. The highest BCUT2D eigenvalue weighted by Gasteiger charge is 2.29. The first-order valence-electron chi connectivity index (χ1n) is 6.66. The molecule has 1 aromatic carbocycles. The van der Waals surface area contributed by atoms with E-state index in [-0.39, 0.29) is 0 Å². The van der Waals surface area contributed by atoms with Crippen molar-refractivity contribution in [3.8, 4) is 5.75 Å². The molecule has 98 valence electrons. The predicted molar refractivity (Wildman–Crippen MR) is 73.1 cm³/mol. The lowest BCUT2D eigenvalue weighted by molar-refractivity contribution is 0.256. The molecule has 0 atom stereocenters. The fraction of sp³-hybridized carbons (Fsp3) is 0.571. The van der Waals surface area contributed by atoms with Crippen LogP contribution in [-0.4, -0.2) is 30.6 Å². The van der Waals surface area contributed by atoms with Crippen molar-refractivity contribution in [2.24, 2.45) is 5.73 Å². The average Bonchev–Trinajstić information content (AvgIpc) is 3.07. The van der Waals surface area contributed by atoms with Crippen molar-refractivity contribution >= 4 is 11.6 Å². The molecule has 3 nitrogen and oxygen atoms in total. The number of nitrogens with zero attached hydrogens (tertiary/aromatic N) is 1. The van der Waals surface area contributed by atoms with Crippen molar-refractivity contribution in [1.29, 1.82) is 0 Å². The molecule has 0 spiro atoms. The van der Waals surface area contributed by atoms with Crippen LogP contribution < -0.4 is 10.5 Å². The Morgan fingerprint density at radius 1 is 1.39 bits per heavy atom. The normalized spacial score (nSPS) is 17.9. The van der Waals surface area contributed by atoms with Gasteiger partial charge >= 0.3 is 0 Å². The Kier molecular flexibility index (Phi) is 3.46. The van der Waals surface area contributed by atoms with Crippen molar-refractivity contribution in [1.82, 2.24) is 4.90 Å². The van der Waals surface area contributed by atoms with Gasteiger partial charge in [-0.05, 0) is 30.5 Å². The highest BCUT2D eigenvalue weighted by Crippen LogP contribution is 2.35. The quantitative estimate of drug-likeness (QED) is 0.888. The molecule has 3 rings (SSSR count). The minimum absolute atomic E-state index is 0.708. The van der Waals surface area contributed by atoms with Crippen molar-refractivity contribution in [2.75, 3.05) is 19.7 Å². The van der Waals surface area contributed by atoms with Gasteiger partial charge in [0.15, 0.2) is 0 Å². The van der Waals surface area contributed by atoms with Crippen LogP contribution in [0.1, 0.15) is 24.0 Å². The van der Waals surface area contributed by atoms with E-state index in [1.807, 2.05) is 12.1 Å². The molecule has 0 aromatic heterocycles. The minimum atomic E-state index is 0.708. The number of fused-ring (bicyclic) bond motifs is 1. The van der Waals surface area contributed by atoms with Gasteiger partial charge in [0.25, 0.3) is 0 Å². The largest absolute Gasteiger partial charge is 0.493 e. The zero-order valence-corrected chi connectivity index (χ0v) is 11.2. The van der Waals surface area contributed by atoms with Crippen molar-refractivity contribution in [3.63, 3.8) is 0 Å². The van der Waals surface area contributed by atoms with Gasteiger partial charge in [-0.1, -0.05) is 11.6 Å². The van der Waals surface area contributed by atoms with Crippen LogP contribution in [0.5, 0.6) is 5.75 Å². The molecule has 1 heterocycles. The maximum absolute atomic E-state index is 6.19. The fourth-order valence-electron chi connectivity index (χ4n) is 2.68. The summed E-state index contributed by atoms with van der Waals surface area (Å²) in [5, 5.41) is 0.817. The molecule has 0 bridgehead atoms. The van der Waals surface area contributed by atoms with Crippen molar-refractivity contribution < 1.29 is 4.74 Å². The van der Waals surface area contributed by atoms with E-state index in [2.05, 4.69) is 4.90 Å². The number of rotatable bonds is 5. The Bertz CT molecular complexity index is 446. The molecular formula is C14H19ClN2O. The first-order chi connectivity index (χ1) is 8.78. The highest BCUT2D eigenvalue weighted by molar-refractivity contribution is 6.30. The smallest absolute Gasteiger partial charge is 0.127 e. The van der Waals surface area contributed by atoms with Crippen molar-refractivity contribution in [2.45, 2.75) is 31.8 Å². The molecule has 1 aliphatic carbocycles. The Labute approximate surface area is 113 Å². The number of benzene rings is 1. The van der Waals surface area contributed by atoms with Gasteiger partial charge in [0.1, 0.15) is 5.75 Å². The number of halogens is 1. The van der Waals surface area contributed by atoms with Crippen LogP contribution in [0, 0.1) is 0 Å². The standard InChI is InChI=1S/C14H19ClN2O/c15-12-7-10-3-6-18-14(10)11(8-12)9-17(5-4-16)13-1-2-13/h7-8,13H,1-6,9,16H2. The third-order valence-corrected chi connectivity index (χ3v) is 3.90. The van der Waals surface area contributed by atoms with Crippen LogP contribution in [0.4, 0.5) is 0 Å². The van der Waals surface area contributed by atoms with Crippen LogP contribution in [0.3, 0.4) is 0 Å². The van der Waals surface area contributed by atoms with E-state index < -0.39 is 0 Å². The second kappa shape index (κ2) is 5.08. The molecule has 0 radical (unpaired) electrons. The predicted octanol–water partition coefficient (Wildman–Crippen LogP) is 2.20. The van der Waals surface area contributed by atoms with Crippen LogP contribution in [0.15, 0.2) is 12.1 Å². The summed E-state index contributed by atoms with van der Waals surface area (Å²) in [6.07, 6.45) is 3.57. The van der Waals surface area contributed by atoms with Gasteiger partial charge in [-0.25, -0.2) is 0 Å². The Balaban J connectivity index is 1.82. The first kappa shape index (κ1) is 12.3. The second-order valence-electron chi connectivity index (χ2n) is 5.14. The van der Waals surface area contributed by atoms with E-state index in [4.69, 9.17) is 22.1 Å². The van der Waals surface area contributed by atoms with Crippen LogP contribution in [0.25, 0.3) is 0 Å². The zero-order chi connectivity index (χ0) is 12.5. The summed E-state index contributed by atoms with van der Waals surface area (Å²) in [7, 11) is 0. The molecule has 4 heteroatoms. The molecule has 1 saturated carbocycles. The van der Waals surface area contributed by atoms with Gasteiger partial charge in [0.05, 0.1) is 6.61 Å². The third-order valence-electron chi connectivity index (χ3n) is 3.68. The summed E-state index contributed by atoms with van der Waals surface area (Å²) >= 11 is 6.19.